The molecule has 0 atom stereocenters. The van der Waals surface area contributed by atoms with Gasteiger partial charge in [-0.1, -0.05) is 0 Å². The van der Waals surface area contributed by atoms with Gasteiger partial charge in [0.1, 0.15) is 0 Å². The lowest BCUT2D eigenvalue weighted by molar-refractivity contribution is 0.0512. The molecule has 0 aliphatic rings. The summed E-state index contributed by atoms with van der Waals surface area (Å²) in [6.07, 6.45) is 0. The Balaban J connectivity index is 2.26. The molecule has 0 aliphatic heterocycles. The van der Waals surface area contributed by atoms with Crippen molar-refractivity contribution in [2.75, 3.05) is 12.3 Å². The molecule has 0 aromatic carbocycles. The molecule has 0 saturated carbocycles. The van der Waals surface area contributed by atoms with Crippen molar-refractivity contribution >= 4 is 22.3 Å². The van der Waals surface area contributed by atoms with Crippen LogP contribution in [0.4, 0.5) is 5.00 Å². The molecule has 0 aliphatic carbocycles. The lowest BCUT2D eigenvalue weighted by Crippen LogP contribution is -2.06. The largest absolute Gasteiger partial charge is 0.460 e. The highest BCUT2D eigenvalue weighted by atomic mass is 32.1. The van der Waals surface area contributed by atoms with Crippen molar-refractivity contribution in [1.29, 1.82) is 0 Å². The lowest BCUT2D eigenvalue weighted by Gasteiger charge is -1.95. The third-order valence-electron chi connectivity index (χ3n) is 1.89. The molecule has 84 valence electrons. The molecular formula is C9H10N4O2S. The number of rotatable bonds is 3. The smallest absolute Gasteiger partial charge is 0.375 e. The first-order valence-corrected chi connectivity index (χ1v) is 5.53. The van der Waals surface area contributed by atoms with Gasteiger partial charge in [0.25, 0.3) is 0 Å². The van der Waals surface area contributed by atoms with E-state index in [1.54, 1.807) is 13.0 Å². The minimum atomic E-state index is -0.518. The number of anilines is 1. The SMILES string of the molecule is CCOC(=O)c1nc(-c2ccsc2N)n[nH]1. The highest BCUT2D eigenvalue weighted by Crippen LogP contribution is 2.27. The fourth-order valence-corrected chi connectivity index (χ4v) is 1.82. The Morgan fingerprint density at radius 2 is 2.50 bits per heavy atom. The third-order valence-corrected chi connectivity index (χ3v) is 2.64. The number of carbonyl (C=O) groups excluding carboxylic acids is 1. The van der Waals surface area contributed by atoms with Crippen LogP contribution in [0.25, 0.3) is 11.4 Å². The normalized spacial score (nSPS) is 10.3. The van der Waals surface area contributed by atoms with Gasteiger partial charge in [-0.15, -0.1) is 11.3 Å². The van der Waals surface area contributed by atoms with Crippen molar-refractivity contribution < 1.29 is 9.53 Å². The number of aromatic nitrogens is 3. The van der Waals surface area contributed by atoms with E-state index in [4.69, 9.17) is 10.5 Å². The van der Waals surface area contributed by atoms with Gasteiger partial charge in [-0.2, -0.15) is 5.10 Å². The van der Waals surface area contributed by atoms with Gasteiger partial charge in [0.2, 0.25) is 5.82 Å². The topological polar surface area (TPSA) is 93.9 Å². The minimum Gasteiger partial charge on any atom is -0.460 e. The molecule has 0 bridgehead atoms. The fourth-order valence-electron chi connectivity index (χ4n) is 1.18. The third kappa shape index (κ3) is 1.89. The number of hydrogen-bond donors (Lipinski definition) is 2. The Morgan fingerprint density at radius 3 is 3.12 bits per heavy atom. The number of nitrogens with one attached hydrogen (secondary N) is 1. The second-order valence-corrected chi connectivity index (χ2v) is 3.87. The number of carbonyl (C=O) groups is 1. The van der Waals surface area contributed by atoms with Crippen molar-refractivity contribution in [2.24, 2.45) is 0 Å². The first-order chi connectivity index (χ1) is 7.72. The molecule has 2 aromatic heterocycles. The quantitative estimate of drug-likeness (QED) is 0.786. The molecule has 2 aromatic rings. The molecule has 2 rings (SSSR count). The lowest BCUT2D eigenvalue weighted by atomic mass is 10.3. The Kier molecular flexibility index (Phi) is 2.86. The Bertz CT molecular complexity index is 505. The van der Waals surface area contributed by atoms with Crippen molar-refractivity contribution in [2.45, 2.75) is 6.92 Å². The number of nitrogens with two attached hydrogens (primary N) is 1. The molecule has 6 nitrogen and oxygen atoms in total. The standard InChI is InChI=1S/C9H10N4O2S/c1-2-15-9(14)8-11-7(12-13-8)5-3-4-16-6(5)10/h3-4H,2,10H2,1H3,(H,11,12,13). The summed E-state index contributed by atoms with van der Waals surface area (Å²) in [5.74, 6) is -0.0284. The van der Waals surface area contributed by atoms with Crippen LogP contribution in [0.1, 0.15) is 17.5 Å². The van der Waals surface area contributed by atoms with Crippen LogP contribution in [0.15, 0.2) is 11.4 Å². The Morgan fingerprint density at radius 1 is 1.69 bits per heavy atom. The van der Waals surface area contributed by atoms with Crippen LogP contribution in [0, 0.1) is 0 Å². The van der Waals surface area contributed by atoms with E-state index in [-0.39, 0.29) is 5.82 Å². The monoisotopic (exact) mass is 238 g/mol. The van der Waals surface area contributed by atoms with E-state index in [9.17, 15) is 4.79 Å². The number of H-pyrrole nitrogens is 1. The van der Waals surface area contributed by atoms with Crippen LogP contribution in [-0.2, 0) is 4.74 Å². The van der Waals surface area contributed by atoms with Gasteiger partial charge in [-0.25, -0.2) is 9.78 Å². The number of ether oxygens (including phenoxy) is 1. The number of nitrogens with zero attached hydrogens (tertiary/aromatic N) is 2. The van der Waals surface area contributed by atoms with E-state index < -0.39 is 5.97 Å². The zero-order valence-electron chi connectivity index (χ0n) is 8.56. The number of esters is 1. The van der Waals surface area contributed by atoms with Crippen molar-refractivity contribution in [3.63, 3.8) is 0 Å². The van der Waals surface area contributed by atoms with Gasteiger partial charge in [-0.05, 0) is 18.4 Å². The predicted octanol–water partition coefficient (Wildman–Crippen LogP) is 1.29. The molecule has 0 amide bonds. The molecule has 0 spiro atoms. The first kappa shape index (κ1) is 10.6. The van der Waals surface area contributed by atoms with Gasteiger partial charge in [0, 0.05) is 0 Å². The molecular weight excluding hydrogens is 228 g/mol. The van der Waals surface area contributed by atoms with E-state index in [1.165, 1.54) is 11.3 Å². The first-order valence-electron chi connectivity index (χ1n) is 4.65. The predicted molar refractivity (Wildman–Crippen MR) is 60.1 cm³/mol. The molecule has 2 heterocycles. The summed E-state index contributed by atoms with van der Waals surface area (Å²) in [7, 11) is 0. The molecule has 0 unspecified atom stereocenters. The summed E-state index contributed by atoms with van der Waals surface area (Å²) in [6.45, 7) is 2.03. The number of aromatic amines is 1. The molecule has 7 heteroatoms. The van der Waals surface area contributed by atoms with Gasteiger partial charge < -0.3 is 10.5 Å². The van der Waals surface area contributed by atoms with Crippen LogP contribution in [-0.4, -0.2) is 27.8 Å². The van der Waals surface area contributed by atoms with Crippen LogP contribution >= 0.6 is 11.3 Å². The zero-order valence-corrected chi connectivity index (χ0v) is 9.37. The van der Waals surface area contributed by atoms with Gasteiger partial charge >= 0.3 is 5.97 Å². The summed E-state index contributed by atoms with van der Waals surface area (Å²) in [5, 5.41) is 8.89. The summed E-state index contributed by atoms with van der Waals surface area (Å²) >= 11 is 1.39. The highest BCUT2D eigenvalue weighted by molar-refractivity contribution is 7.14. The van der Waals surface area contributed by atoms with Crippen molar-refractivity contribution in [3.05, 3.63) is 17.3 Å². The molecule has 0 fully saturated rings. The van der Waals surface area contributed by atoms with Crippen LogP contribution in [0.2, 0.25) is 0 Å². The second-order valence-electron chi connectivity index (χ2n) is 2.93. The fraction of sp³-hybridized carbons (Fsp3) is 0.222. The van der Waals surface area contributed by atoms with Crippen molar-refractivity contribution in [3.8, 4) is 11.4 Å². The molecule has 3 N–H and O–H groups in total. The number of hydrogen-bond acceptors (Lipinski definition) is 6. The average Bonchev–Trinajstić information content (AvgIpc) is 2.86. The van der Waals surface area contributed by atoms with Crippen LogP contribution in [0.5, 0.6) is 0 Å². The molecule has 0 radical (unpaired) electrons. The summed E-state index contributed by atoms with van der Waals surface area (Å²) < 4.78 is 4.79. The maximum atomic E-state index is 11.3. The number of nitrogen functional groups attached to an aromatic ring is 1. The van der Waals surface area contributed by atoms with E-state index >= 15 is 0 Å². The van der Waals surface area contributed by atoms with Gasteiger partial charge in [-0.3, -0.25) is 5.10 Å². The minimum absolute atomic E-state index is 0.0856. The average molecular weight is 238 g/mol. The number of thiophene rings is 1. The highest BCUT2D eigenvalue weighted by Gasteiger charge is 2.15. The van der Waals surface area contributed by atoms with E-state index in [0.717, 1.165) is 5.56 Å². The molecule has 16 heavy (non-hydrogen) atoms. The second kappa shape index (κ2) is 4.31. The van der Waals surface area contributed by atoms with E-state index in [1.807, 2.05) is 5.38 Å². The summed E-state index contributed by atoms with van der Waals surface area (Å²) in [6, 6.07) is 1.80. The summed E-state index contributed by atoms with van der Waals surface area (Å²) in [5.41, 5.74) is 6.44. The van der Waals surface area contributed by atoms with Gasteiger partial charge in [0.05, 0.1) is 17.2 Å². The Hall–Kier alpha value is -1.89. The zero-order chi connectivity index (χ0) is 11.5. The van der Waals surface area contributed by atoms with E-state index in [2.05, 4.69) is 15.2 Å². The van der Waals surface area contributed by atoms with Crippen LogP contribution in [0.3, 0.4) is 0 Å². The summed E-state index contributed by atoms with van der Waals surface area (Å²) in [4.78, 5) is 15.3. The van der Waals surface area contributed by atoms with E-state index in [0.29, 0.717) is 17.4 Å². The molecule has 0 saturated heterocycles. The maximum Gasteiger partial charge on any atom is 0.375 e. The van der Waals surface area contributed by atoms with Crippen molar-refractivity contribution in [1.82, 2.24) is 15.2 Å². The Labute approximate surface area is 95.5 Å². The van der Waals surface area contributed by atoms with Gasteiger partial charge in [0.15, 0.2) is 5.82 Å². The van der Waals surface area contributed by atoms with Crippen LogP contribution < -0.4 is 5.73 Å². The maximum absolute atomic E-state index is 11.3.